The van der Waals surface area contributed by atoms with Gasteiger partial charge in [0.2, 0.25) is 10.0 Å². The van der Waals surface area contributed by atoms with Gasteiger partial charge in [0.1, 0.15) is 10.6 Å². The molecule has 4 nitrogen and oxygen atoms in total. The van der Waals surface area contributed by atoms with E-state index in [4.69, 9.17) is 16.3 Å². The van der Waals surface area contributed by atoms with E-state index in [-0.39, 0.29) is 4.90 Å². The zero-order valence-corrected chi connectivity index (χ0v) is 13.0. The highest BCUT2D eigenvalue weighted by molar-refractivity contribution is 7.89. The highest BCUT2D eigenvalue weighted by atomic mass is 35.5. The van der Waals surface area contributed by atoms with Gasteiger partial charge in [-0.25, -0.2) is 8.42 Å². The summed E-state index contributed by atoms with van der Waals surface area (Å²) in [4.78, 5) is 0.174. The van der Waals surface area contributed by atoms with Gasteiger partial charge < -0.3 is 4.74 Å². The number of benzene rings is 1. The second kappa shape index (κ2) is 5.20. The molecule has 0 amide bonds. The molecule has 2 unspecified atom stereocenters. The van der Waals surface area contributed by atoms with Crippen molar-refractivity contribution in [2.24, 2.45) is 11.8 Å². The molecule has 1 aromatic carbocycles. The quantitative estimate of drug-likeness (QED) is 0.861. The van der Waals surface area contributed by atoms with E-state index in [0.717, 1.165) is 12.8 Å². The maximum atomic E-state index is 12.8. The first-order chi connectivity index (χ1) is 9.52. The molecule has 2 atom stereocenters. The van der Waals surface area contributed by atoms with E-state index >= 15 is 0 Å². The minimum atomic E-state index is -3.52. The Bertz CT molecular complexity index is 605. The molecule has 1 aliphatic carbocycles. The number of rotatable bonds is 3. The summed E-state index contributed by atoms with van der Waals surface area (Å²) in [5.74, 6) is 1.40. The molecule has 0 radical (unpaired) electrons. The van der Waals surface area contributed by atoms with Crippen molar-refractivity contribution in [2.75, 3.05) is 20.2 Å². The SMILES string of the molecule is COc1ccc(Cl)cc1S(=O)(=O)N1CC2CCCC2C1. The first-order valence-electron chi connectivity index (χ1n) is 6.86. The smallest absolute Gasteiger partial charge is 0.246 e. The summed E-state index contributed by atoms with van der Waals surface area (Å²) in [6.45, 7) is 1.26. The molecule has 110 valence electrons. The van der Waals surface area contributed by atoms with Crippen LogP contribution in [0.4, 0.5) is 0 Å². The summed E-state index contributed by atoms with van der Waals surface area (Å²) in [6.07, 6.45) is 3.51. The van der Waals surface area contributed by atoms with Gasteiger partial charge in [0, 0.05) is 18.1 Å². The Kier molecular flexibility index (Phi) is 3.69. The minimum absolute atomic E-state index is 0.174. The molecule has 2 aliphatic rings. The maximum Gasteiger partial charge on any atom is 0.246 e. The Morgan fingerprint density at radius 1 is 1.25 bits per heavy atom. The predicted molar refractivity (Wildman–Crippen MR) is 77.6 cm³/mol. The molecule has 6 heteroatoms. The van der Waals surface area contributed by atoms with Gasteiger partial charge in [-0.1, -0.05) is 18.0 Å². The summed E-state index contributed by atoms with van der Waals surface area (Å²) in [5, 5.41) is 0.406. The number of ether oxygens (including phenoxy) is 1. The number of halogens is 1. The highest BCUT2D eigenvalue weighted by Gasteiger charge is 2.42. The van der Waals surface area contributed by atoms with Gasteiger partial charge in [-0.15, -0.1) is 0 Å². The van der Waals surface area contributed by atoms with Gasteiger partial charge in [0.05, 0.1) is 7.11 Å². The molecule has 2 fully saturated rings. The van der Waals surface area contributed by atoms with Crippen LogP contribution in [0.15, 0.2) is 23.1 Å². The van der Waals surface area contributed by atoms with Crippen LogP contribution in [0.5, 0.6) is 5.75 Å². The third-order valence-electron chi connectivity index (χ3n) is 4.44. The van der Waals surface area contributed by atoms with Gasteiger partial charge in [-0.2, -0.15) is 4.31 Å². The predicted octanol–water partition coefficient (Wildman–Crippen LogP) is 2.77. The highest BCUT2D eigenvalue weighted by Crippen LogP contribution is 2.41. The minimum Gasteiger partial charge on any atom is -0.495 e. The van der Waals surface area contributed by atoms with E-state index in [1.165, 1.54) is 19.6 Å². The fraction of sp³-hybridized carbons (Fsp3) is 0.571. The third kappa shape index (κ3) is 2.32. The van der Waals surface area contributed by atoms with Gasteiger partial charge >= 0.3 is 0 Å². The Morgan fingerprint density at radius 2 is 1.90 bits per heavy atom. The van der Waals surface area contributed by atoms with Crippen LogP contribution in [0.25, 0.3) is 0 Å². The first-order valence-corrected chi connectivity index (χ1v) is 8.68. The van der Waals surface area contributed by atoms with Gasteiger partial charge in [0.15, 0.2) is 0 Å². The summed E-state index contributed by atoms with van der Waals surface area (Å²) in [5.41, 5.74) is 0. The molecule has 1 heterocycles. The van der Waals surface area contributed by atoms with E-state index in [9.17, 15) is 8.42 Å². The fourth-order valence-electron chi connectivity index (χ4n) is 3.38. The molecule has 1 saturated heterocycles. The zero-order valence-electron chi connectivity index (χ0n) is 11.4. The summed E-state index contributed by atoms with van der Waals surface area (Å²) >= 11 is 5.94. The lowest BCUT2D eigenvalue weighted by Gasteiger charge is -2.19. The van der Waals surface area contributed by atoms with Crippen LogP contribution in [0, 0.1) is 11.8 Å². The third-order valence-corrected chi connectivity index (χ3v) is 6.52. The number of nitrogens with zero attached hydrogens (tertiary/aromatic N) is 1. The van der Waals surface area contributed by atoms with E-state index < -0.39 is 10.0 Å². The van der Waals surface area contributed by atoms with Gasteiger partial charge in [0.25, 0.3) is 0 Å². The lowest BCUT2D eigenvalue weighted by molar-refractivity contribution is 0.396. The molecular weight excluding hydrogens is 298 g/mol. The Labute approximate surface area is 124 Å². The second-order valence-electron chi connectivity index (χ2n) is 5.57. The van der Waals surface area contributed by atoms with Crippen molar-refractivity contribution in [1.82, 2.24) is 4.31 Å². The average molecular weight is 316 g/mol. The number of sulfonamides is 1. The molecule has 0 aromatic heterocycles. The van der Waals surface area contributed by atoms with Gasteiger partial charge in [-0.3, -0.25) is 0 Å². The Morgan fingerprint density at radius 3 is 2.50 bits per heavy atom. The van der Waals surface area contributed by atoms with E-state index in [1.807, 2.05) is 0 Å². The molecule has 3 rings (SSSR count). The van der Waals surface area contributed by atoms with Crippen LogP contribution in [0.2, 0.25) is 5.02 Å². The first kappa shape index (κ1) is 14.2. The molecule has 1 saturated carbocycles. The normalized spacial score (nSPS) is 26.7. The largest absolute Gasteiger partial charge is 0.495 e. The lowest BCUT2D eigenvalue weighted by atomic mass is 10.0. The van der Waals surface area contributed by atoms with Crippen LogP contribution < -0.4 is 4.74 Å². The van der Waals surface area contributed by atoms with Crippen LogP contribution in [-0.2, 0) is 10.0 Å². The molecule has 0 bridgehead atoms. The Balaban J connectivity index is 1.94. The van der Waals surface area contributed by atoms with Crippen molar-refractivity contribution in [1.29, 1.82) is 0 Å². The van der Waals surface area contributed by atoms with E-state index in [1.54, 1.807) is 16.4 Å². The molecule has 1 aliphatic heterocycles. The van der Waals surface area contributed by atoms with E-state index in [2.05, 4.69) is 0 Å². The van der Waals surface area contributed by atoms with Crippen LogP contribution in [0.1, 0.15) is 19.3 Å². The van der Waals surface area contributed by atoms with Crippen molar-refractivity contribution < 1.29 is 13.2 Å². The summed E-state index contributed by atoms with van der Waals surface area (Å²) in [7, 11) is -2.05. The van der Waals surface area contributed by atoms with Crippen molar-refractivity contribution >= 4 is 21.6 Å². The number of hydrogen-bond donors (Lipinski definition) is 0. The second-order valence-corrected chi connectivity index (χ2v) is 7.91. The fourth-order valence-corrected chi connectivity index (χ4v) is 5.35. The molecule has 20 heavy (non-hydrogen) atoms. The topological polar surface area (TPSA) is 46.6 Å². The number of hydrogen-bond acceptors (Lipinski definition) is 3. The van der Waals surface area contributed by atoms with Crippen molar-refractivity contribution in [2.45, 2.75) is 24.2 Å². The standard InChI is InChI=1S/C14H18ClNO3S/c1-19-13-6-5-12(15)7-14(13)20(17,18)16-8-10-3-2-4-11(10)9-16/h5-7,10-11H,2-4,8-9H2,1H3. The summed E-state index contributed by atoms with van der Waals surface area (Å²) in [6, 6.07) is 4.72. The zero-order chi connectivity index (χ0) is 14.3. The molecule has 1 aromatic rings. The Hall–Kier alpha value is -0.780. The van der Waals surface area contributed by atoms with Crippen LogP contribution in [-0.4, -0.2) is 32.9 Å². The van der Waals surface area contributed by atoms with E-state index in [0.29, 0.717) is 35.7 Å². The number of methoxy groups -OCH3 is 1. The van der Waals surface area contributed by atoms with Crippen molar-refractivity contribution in [3.63, 3.8) is 0 Å². The van der Waals surface area contributed by atoms with Crippen molar-refractivity contribution in [3.05, 3.63) is 23.2 Å². The average Bonchev–Trinajstić information content (AvgIpc) is 2.99. The van der Waals surface area contributed by atoms with Crippen molar-refractivity contribution in [3.8, 4) is 5.75 Å². The lowest BCUT2D eigenvalue weighted by Crippen LogP contribution is -2.30. The van der Waals surface area contributed by atoms with Crippen LogP contribution >= 0.6 is 11.6 Å². The summed E-state index contributed by atoms with van der Waals surface area (Å²) < 4.78 is 32.3. The maximum absolute atomic E-state index is 12.8. The number of fused-ring (bicyclic) bond motifs is 1. The molecular formula is C14H18ClNO3S. The monoisotopic (exact) mass is 315 g/mol. The van der Waals surface area contributed by atoms with Gasteiger partial charge in [-0.05, 0) is 42.9 Å². The molecule has 0 N–H and O–H groups in total. The molecule has 0 spiro atoms. The van der Waals surface area contributed by atoms with Crippen LogP contribution in [0.3, 0.4) is 0 Å².